The van der Waals surface area contributed by atoms with Crippen molar-refractivity contribution in [3.63, 3.8) is 0 Å². The summed E-state index contributed by atoms with van der Waals surface area (Å²) in [6.45, 7) is 2.19. The van der Waals surface area contributed by atoms with Gasteiger partial charge in [0.15, 0.2) is 0 Å². The number of nitrogens with zero attached hydrogens (tertiary/aromatic N) is 3. The lowest BCUT2D eigenvalue weighted by molar-refractivity contribution is -0.122. The largest absolute Gasteiger partial charge is 0.343 e. The smallest absolute Gasteiger partial charge is 0.242 e. The highest BCUT2D eigenvalue weighted by Crippen LogP contribution is 2.26. The SMILES string of the molecule is Cc1ccc(C(NC(=O)Cn2nnc3ccccc32)c2cccs2)cc1. The summed E-state index contributed by atoms with van der Waals surface area (Å²) in [5.41, 5.74) is 3.90. The zero-order chi connectivity index (χ0) is 17.9. The molecular formula is C20H18N4OS. The monoisotopic (exact) mass is 362 g/mol. The first-order valence-electron chi connectivity index (χ1n) is 8.38. The van der Waals surface area contributed by atoms with Crippen LogP contribution in [0.15, 0.2) is 66.0 Å². The van der Waals surface area contributed by atoms with Crippen molar-refractivity contribution in [3.05, 3.63) is 82.0 Å². The molecule has 6 heteroatoms. The van der Waals surface area contributed by atoms with Gasteiger partial charge in [-0.1, -0.05) is 53.2 Å². The van der Waals surface area contributed by atoms with Crippen LogP contribution in [0.1, 0.15) is 22.0 Å². The lowest BCUT2D eigenvalue weighted by Crippen LogP contribution is -2.32. The Morgan fingerprint density at radius 2 is 1.92 bits per heavy atom. The van der Waals surface area contributed by atoms with Gasteiger partial charge in [-0.25, -0.2) is 4.68 Å². The highest BCUT2D eigenvalue weighted by atomic mass is 32.1. The summed E-state index contributed by atoms with van der Waals surface area (Å²) in [4.78, 5) is 13.8. The third kappa shape index (κ3) is 3.36. The molecule has 1 amide bonds. The Morgan fingerprint density at radius 3 is 2.69 bits per heavy atom. The number of benzene rings is 2. The average Bonchev–Trinajstić information content (AvgIpc) is 3.31. The van der Waals surface area contributed by atoms with Crippen molar-refractivity contribution >= 4 is 28.3 Å². The summed E-state index contributed by atoms with van der Waals surface area (Å²) in [5.74, 6) is -0.0976. The third-order valence-electron chi connectivity index (χ3n) is 4.26. The van der Waals surface area contributed by atoms with E-state index >= 15 is 0 Å². The number of rotatable bonds is 5. The second kappa shape index (κ2) is 7.09. The quantitative estimate of drug-likeness (QED) is 0.589. The number of para-hydroxylation sites is 1. The molecule has 130 valence electrons. The van der Waals surface area contributed by atoms with Crippen LogP contribution in [0.5, 0.6) is 0 Å². The van der Waals surface area contributed by atoms with E-state index in [1.807, 2.05) is 41.8 Å². The van der Waals surface area contributed by atoms with E-state index in [0.717, 1.165) is 21.5 Å². The van der Waals surface area contributed by atoms with E-state index in [0.29, 0.717) is 0 Å². The van der Waals surface area contributed by atoms with E-state index in [-0.39, 0.29) is 18.5 Å². The lowest BCUT2D eigenvalue weighted by Gasteiger charge is -2.18. The van der Waals surface area contributed by atoms with Crippen LogP contribution in [-0.2, 0) is 11.3 Å². The molecule has 1 unspecified atom stereocenters. The van der Waals surface area contributed by atoms with Crippen molar-refractivity contribution in [1.82, 2.24) is 20.3 Å². The Kier molecular flexibility index (Phi) is 4.50. The summed E-state index contributed by atoms with van der Waals surface area (Å²) in [7, 11) is 0. The summed E-state index contributed by atoms with van der Waals surface area (Å²) in [5, 5.41) is 13.4. The van der Waals surface area contributed by atoms with Crippen LogP contribution in [0, 0.1) is 6.92 Å². The van der Waals surface area contributed by atoms with Crippen LogP contribution in [0.25, 0.3) is 11.0 Å². The van der Waals surface area contributed by atoms with Gasteiger partial charge in [-0.05, 0) is 36.1 Å². The Hall–Kier alpha value is -2.99. The predicted octanol–water partition coefficient (Wildman–Crippen LogP) is 3.71. The molecule has 0 radical (unpaired) electrons. The molecule has 5 nitrogen and oxygen atoms in total. The van der Waals surface area contributed by atoms with Crippen LogP contribution >= 0.6 is 11.3 Å². The van der Waals surface area contributed by atoms with Gasteiger partial charge in [0.2, 0.25) is 5.91 Å². The van der Waals surface area contributed by atoms with E-state index in [1.54, 1.807) is 16.0 Å². The fourth-order valence-electron chi connectivity index (χ4n) is 2.91. The maximum absolute atomic E-state index is 12.7. The molecule has 1 N–H and O–H groups in total. The van der Waals surface area contributed by atoms with E-state index in [1.165, 1.54) is 5.56 Å². The van der Waals surface area contributed by atoms with Gasteiger partial charge in [-0.3, -0.25) is 4.79 Å². The van der Waals surface area contributed by atoms with Crippen molar-refractivity contribution in [2.24, 2.45) is 0 Å². The number of carbonyl (C=O) groups excluding carboxylic acids is 1. The molecule has 0 fully saturated rings. The zero-order valence-electron chi connectivity index (χ0n) is 14.3. The van der Waals surface area contributed by atoms with E-state index in [2.05, 4.69) is 46.8 Å². The Labute approximate surface area is 155 Å². The molecule has 0 saturated carbocycles. The van der Waals surface area contributed by atoms with Crippen LogP contribution in [0.3, 0.4) is 0 Å². The highest BCUT2D eigenvalue weighted by Gasteiger charge is 2.19. The zero-order valence-corrected chi connectivity index (χ0v) is 15.1. The molecule has 0 bridgehead atoms. The molecule has 2 aromatic carbocycles. The Morgan fingerprint density at radius 1 is 1.12 bits per heavy atom. The summed E-state index contributed by atoms with van der Waals surface area (Å²) >= 11 is 1.63. The maximum Gasteiger partial charge on any atom is 0.242 e. The van der Waals surface area contributed by atoms with Gasteiger partial charge in [0.05, 0.1) is 11.6 Å². The van der Waals surface area contributed by atoms with Crippen molar-refractivity contribution in [2.45, 2.75) is 19.5 Å². The fraction of sp³-hybridized carbons (Fsp3) is 0.150. The van der Waals surface area contributed by atoms with E-state index < -0.39 is 0 Å². The van der Waals surface area contributed by atoms with Gasteiger partial charge >= 0.3 is 0 Å². The van der Waals surface area contributed by atoms with Gasteiger partial charge in [-0.15, -0.1) is 16.4 Å². The number of thiophene rings is 1. The molecule has 0 aliphatic carbocycles. The van der Waals surface area contributed by atoms with Crippen molar-refractivity contribution in [1.29, 1.82) is 0 Å². The molecule has 2 heterocycles. The van der Waals surface area contributed by atoms with Gasteiger partial charge in [0.25, 0.3) is 0 Å². The standard InChI is InChI=1S/C20H18N4OS/c1-14-8-10-15(11-9-14)20(18-7-4-12-26-18)21-19(25)13-24-17-6-3-2-5-16(17)22-23-24/h2-12,20H,13H2,1H3,(H,21,25). The average molecular weight is 362 g/mol. The second-order valence-electron chi connectivity index (χ2n) is 6.16. The molecule has 1 atom stereocenters. The predicted molar refractivity (Wildman–Crippen MR) is 103 cm³/mol. The topological polar surface area (TPSA) is 59.8 Å². The molecule has 2 aromatic heterocycles. The minimum Gasteiger partial charge on any atom is -0.343 e. The van der Waals surface area contributed by atoms with Crippen LogP contribution in [0.4, 0.5) is 0 Å². The van der Waals surface area contributed by atoms with Gasteiger partial charge < -0.3 is 5.32 Å². The maximum atomic E-state index is 12.7. The number of fused-ring (bicyclic) bond motifs is 1. The molecule has 4 aromatic rings. The number of aryl methyl sites for hydroxylation is 1. The molecule has 26 heavy (non-hydrogen) atoms. The third-order valence-corrected chi connectivity index (χ3v) is 5.19. The van der Waals surface area contributed by atoms with Gasteiger partial charge in [-0.2, -0.15) is 0 Å². The number of amides is 1. The van der Waals surface area contributed by atoms with E-state index in [9.17, 15) is 4.79 Å². The normalized spacial score (nSPS) is 12.2. The first kappa shape index (κ1) is 16.5. The Balaban J connectivity index is 1.57. The van der Waals surface area contributed by atoms with Crippen molar-refractivity contribution in [3.8, 4) is 0 Å². The molecule has 4 rings (SSSR count). The molecule has 0 aliphatic heterocycles. The molecule has 0 spiro atoms. The first-order valence-corrected chi connectivity index (χ1v) is 9.26. The molecular weight excluding hydrogens is 344 g/mol. The molecule has 0 saturated heterocycles. The number of hydrogen-bond donors (Lipinski definition) is 1. The summed E-state index contributed by atoms with van der Waals surface area (Å²) in [6.07, 6.45) is 0. The lowest BCUT2D eigenvalue weighted by atomic mass is 10.0. The minimum atomic E-state index is -0.169. The Bertz CT molecular complexity index is 1020. The van der Waals surface area contributed by atoms with Crippen LogP contribution < -0.4 is 5.32 Å². The molecule has 0 aliphatic rings. The van der Waals surface area contributed by atoms with Crippen LogP contribution in [0.2, 0.25) is 0 Å². The summed E-state index contributed by atoms with van der Waals surface area (Å²) in [6, 6.07) is 19.7. The number of nitrogens with one attached hydrogen (secondary N) is 1. The van der Waals surface area contributed by atoms with Gasteiger partial charge in [0, 0.05) is 4.88 Å². The second-order valence-corrected chi connectivity index (χ2v) is 7.14. The van der Waals surface area contributed by atoms with Crippen molar-refractivity contribution < 1.29 is 4.79 Å². The van der Waals surface area contributed by atoms with Gasteiger partial charge in [0.1, 0.15) is 12.1 Å². The fourth-order valence-corrected chi connectivity index (χ4v) is 3.71. The first-order chi connectivity index (χ1) is 12.7. The number of hydrogen-bond acceptors (Lipinski definition) is 4. The summed E-state index contributed by atoms with van der Waals surface area (Å²) < 4.78 is 1.63. The highest BCUT2D eigenvalue weighted by molar-refractivity contribution is 7.10. The minimum absolute atomic E-state index is 0.0976. The van der Waals surface area contributed by atoms with Crippen LogP contribution in [-0.4, -0.2) is 20.9 Å². The van der Waals surface area contributed by atoms with Crippen molar-refractivity contribution in [2.75, 3.05) is 0 Å². The van der Waals surface area contributed by atoms with E-state index in [4.69, 9.17) is 0 Å². The number of aromatic nitrogens is 3. The number of carbonyl (C=O) groups is 1.